The van der Waals surface area contributed by atoms with Gasteiger partial charge in [-0.2, -0.15) is 0 Å². The zero-order chi connectivity index (χ0) is 19.3. The van der Waals surface area contributed by atoms with Crippen LogP contribution >= 0.6 is 11.3 Å². The summed E-state index contributed by atoms with van der Waals surface area (Å²) in [5.41, 5.74) is 1.95. The summed E-state index contributed by atoms with van der Waals surface area (Å²) in [4.78, 5) is 33.0. The summed E-state index contributed by atoms with van der Waals surface area (Å²) in [5.74, 6) is -0.634. The monoisotopic (exact) mass is 388 g/mol. The van der Waals surface area contributed by atoms with Gasteiger partial charge < -0.3 is 10.6 Å². The predicted molar refractivity (Wildman–Crippen MR) is 110 cm³/mol. The number of carbonyl (C=O) groups excluding carboxylic acids is 2. The van der Waals surface area contributed by atoms with Crippen molar-refractivity contribution in [2.24, 2.45) is 0 Å². The molecule has 7 heteroatoms. The van der Waals surface area contributed by atoms with Crippen LogP contribution in [0.3, 0.4) is 0 Å². The first-order valence-electron chi connectivity index (χ1n) is 8.63. The van der Waals surface area contributed by atoms with Gasteiger partial charge in [-0.05, 0) is 35.0 Å². The van der Waals surface area contributed by atoms with Gasteiger partial charge in [0.1, 0.15) is 5.69 Å². The van der Waals surface area contributed by atoms with Crippen LogP contribution in [0.4, 0.5) is 5.13 Å². The molecule has 2 aromatic carbocycles. The molecule has 0 aliphatic heterocycles. The third kappa shape index (κ3) is 4.05. The van der Waals surface area contributed by atoms with Crippen LogP contribution in [-0.4, -0.2) is 28.3 Å². The standard InChI is InChI=1S/C21H16N4O2S/c26-19(25-21-24-18(13-28-21)17-7-3-4-10-22-17)12-23-20(27)16-9-8-14-5-1-2-6-15(14)11-16/h1-11,13H,12H2,(H,23,27)(H,24,25,26). The van der Waals surface area contributed by atoms with Crippen molar-refractivity contribution in [1.29, 1.82) is 0 Å². The molecule has 2 heterocycles. The van der Waals surface area contributed by atoms with Crippen molar-refractivity contribution >= 4 is 39.1 Å². The third-order valence-corrected chi connectivity index (χ3v) is 4.86. The lowest BCUT2D eigenvalue weighted by molar-refractivity contribution is -0.115. The van der Waals surface area contributed by atoms with Crippen LogP contribution in [0.2, 0.25) is 0 Å². The molecule has 2 N–H and O–H groups in total. The first kappa shape index (κ1) is 17.8. The summed E-state index contributed by atoms with van der Waals surface area (Å²) < 4.78 is 0. The largest absolute Gasteiger partial charge is 0.343 e. The molecule has 0 bridgehead atoms. The molecule has 0 saturated carbocycles. The predicted octanol–water partition coefficient (Wildman–Crippen LogP) is 3.73. The number of thiazole rings is 1. The molecule has 4 rings (SSSR count). The maximum Gasteiger partial charge on any atom is 0.251 e. The van der Waals surface area contributed by atoms with Crippen LogP contribution < -0.4 is 10.6 Å². The first-order chi connectivity index (χ1) is 13.7. The van der Waals surface area contributed by atoms with Crippen LogP contribution in [0.25, 0.3) is 22.2 Å². The van der Waals surface area contributed by atoms with E-state index in [9.17, 15) is 9.59 Å². The van der Waals surface area contributed by atoms with E-state index in [0.29, 0.717) is 16.4 Å². The van der Waals surface area contributed by atoms with Gasteiger partial charge in [0.05, 0.1) is 12.2 Å². The van der Waals surface area contributed by atoms with Crippen LogP contribution in [0.15, 0.2) is 72.2 Å². The summed E-state index contributed by atoms with van der Waals surface area (Å²) >= 11 is 1.31. The molecule has 0 atom stereocenters. The number of aromatic nitrogens is 2. The van der Waals surface area contributed by atoms with Crippen molar-refractivity contribution in [2.45, 2.75) is 0 Å². The van der Waals surface area contributed by atoms with Gasteiger partial charge in [0.25, 0.3) is 5.91 Å². The van der Waals surface area contributed by atoms with E-state index in [1.807, 2.05) is 60.0 Å². The van der Waals surface area contributed by atoms with E-state index in [2.05, 4.69) is 20.6 Å². The van der Waals surface area contributed by atoms with Gasteiger partial charge in [-0.1, -0.05) is 36.4 Å². The van der Waals surface area contributed by atoms with E-state index >= 15 is 0 Å². The normalized spacial score (nSPS) is 10.6. The number of rotatable bonds is 5. The highest BCUT2D eigenvalue weighted by molar-refractivity contribution is 7.14. The van der Waals surface area contributed by atoms with Crippen LogP contribution in [-0.2, 0) is 4.79 Å². The number of hydrogen-bond donors (Lipinski definition) is 2. The Bertz CT molecular complexity index is 1140. The van der Waals surface area contributed by atoms with Gasteiger partial charge in [0.2, 0.25) is 5.91 Å². The van der Waals surface area contributed by atoms with Gasteiger partial charge in [0.15, 0.2) is 5.13 Å². The molecule has 0 radical (unpaired) electrons. The summed E-state index contributed by atoms with van der Waals surface area (Å²) in [6, 6.07) is 18.8. The number of pyridine rings is 1. The Kier molecular flexibility index (Phi) is 5.07. The van der Waals surface area contributed by atoms with Gasteiger partial charge in [-0.25, -0.2) is 4.98 Å². The number of amides is 2. The van der Waals surface area contributed by atoms with Gasteiger partial charge in [0, 0.05) is 17.1 Å². The minimum atomic E-state index is -0.337. The molecule has 4 aromatic rings. The van der Waals surface area contributed by atoms with Crippen molar-refractivity contribution in [3.05, 3.63) is 77.8 Å². The number of hydrogen-bond acceptors (Lipinski definition) is 5. The average Bonchev–Trinajstić information content (AvgIpc) is 3.20. The highest BCUT2D eigenvalue weighted by atomic mass is 32.1. The van der Waals surface area contributed by atoms with E-state index in [-0.39, 0.29) is 18.4 Å². The maximum atomic E-state index is 12.3. The number of carbonyl (C=O) groups is 2. The Hall–Kier alpha value is -3.58. The highest BCUT2D eigenvalue weighted by Gasteiger charge is 2.11. The lowest BCUT2D eigenvalue weighted by atomic mass is 10.1. The fraction of sp³-hybridized carbons (Fsp3) is 0.0476. The molecule has 0 fully saturated rings. The minimum Gasteiger partial charge on any atom is -0.343 e. The average molecular weight is 388 g/mol. The highest BCUT2D eigenvalue weighted by Crippen LogP contribution is 2.23. The quantitative estimate of drug-likeness (QED) is 0.546. The van der Waals surface area contributed by atoms with Gasteiger partial charge in [-0.15, -0.1) is 11.3 Å². The number of anilines is 1. The second-order valence-corrected chi connectivity index (χ2v) is 6.90. The summed E-state index contributed by atoms with van der Waals surface area (Å²) in [6.45, 7) is -0.135. The smallest absolute Gasteiger partial charge is 0.251 e. The topological polar surface area (TPSA) is 84.0 Å². The molecule has 6 nitrogen and oxygen atoms in total. The molecule has 2 aromatic heterocycles. The van der Waals surface area contributed by atoms with Gasteiger partial charge >= 0.3 is 0 Å². The summed E-state index contributed by atoms with van der Waals surface area (Å²) in [7, 11) is 0. The second-order valence-electron chi connectivity index (χ2n) is 6.05. The summed E-state index contributed by atoms with van der Waals surface area (Å²) in [5, 5.41) is 9.65. The zero-order valence-corrected chi connectivity index (χ0v) is 15.6. The van der Waals surface area contributed by atoms with E-state index in [0.717, 1.165) is 16.5 Å². The maximum absolute atomic E-state index is 12.3. The fourth-order valence-corrected chi connectivity index (χ4v) is 3.44. The van der Waals surface area contributed by atoms with E-state index in [1.54, 1.807) is 12.3 Å². The molecule has 0 unspecified atom stereocenters. The minimum absolute atomic E-state index is 0.135. The molecule has 28 heavy (non-hydrogen) atoms. The Balaban J connectivity index is 1.35. The van der Waals surface area contributed by atoms with Crippen molar-refractivity contribution in [1.82, 2.24) is 15.3 Å². The molecule has 0 spiro atoms. The number of fused-ring (bicyclic) bond motifs is 1. The zero-order valence-electron chi connectivity index (χ0n) is 14.8. The molecule has 0 saturated heterocycles. The third-order valence-electron chi connectivity index (χ3n) is 4.10. The number of nitrogens with zero attached hydrogens (tertiary/aromatic N) is 2. The Morgan fingerprint density at radius 3 is 2.57 bits per heavy atom. The van der Waals surface area contributed by atoms with Gasteiger partial charge in [-0.3, -0.25) is 14.6 Å². The van der Waals surface area contributed by atoms with Crippen molar-refractivity contribution < 1.29 is 9.59 Å². The number of nitrogens with one attached hydrogen (secondary N) is 2. The lowest BCUT2D eigenvalue weighted by Gasteiger charge is -2.06. The first-order valence-corrected chi connectivity index (χ1v) is 9.51. The summed E-state index contributed by atoms with van der Waals surface area (Å²) in [6.07, 6.45) is 1.69. The Morgan fingerprint density at radius 2 is 1.75 bits per heavy atom. The SMILES string of the molecule is O=C(CNC(=O)c1ccc2ccccc2c1)Nc1nc(-c2ccccn2)cs1. The Labute approximate surface area is 165 Å². The lowest BCUT2D eigenvalue weighted by Crippen LogP contribution is -2.32. The van der Waals surface area contributed by atoms with E-state index in [4.69, 9.17) is 0 Å². The van der Waals surface area contributed by atoms with Crippen molar-refractivity contribution in [3.8, 4) is 11.4 Å². The van der Waals surface area contributed by atoms with Crippen LogP contribution in [0, 0.1) is 0 Å². The van der Waals surface area contributed by atoms with Crippen molar-refractivity contribution in [3.63, 3.8) is 0 Å². The van der Waals surface area contributed by atoms with Crippen LogP contribution in [0.5, 0.6) is 0 Å². The molecule has 0 aliphatic rings. The second kappa shape index (κ2) is 7.98. The fourth-order valence-electron chi connectivity index (χ4n) is 2.72. The molecular formula is C21H16N4O2S. The van der Waals surface area contributed by atoms with Crippen molar-refractivity contribution in [2.75, 3.05) is 11.9 Å². The van der Waals surface area contributed by atoms with Crippen LogP contribution in [0.1, 0.15) is 10.4 Å². The molecule has 0 aliphatic carbocycles. The molecule has 138 valence electrons. The van der Waals surface area contributed by atoms with E-state index < -0.39 is 0 Å². The van der Waals surface area contributed by atoms with E-state index in [1.165, 1.54) is 11.3 Å². The Morgan fingerprint density at radius 1 is 0.929 bits per heavy atom. The number of benzene rings is 2. The molecular weight excluding hydrogens is 372 g/mol. The molecule has 2 amide bonds.